The summed E-state index contributed by atoms with van der Waals surface area (Å²) in [6, 6.07) is 0. The predicted molar refractivity (Wildman–Crippen MR) is 67.5 cm³/mol. The molecule has 4 nitrogen and oxygen atoms in total. The topological polar surface area (TPSA) is 77.4 Å². The van der Waals surface area contributed by atoms with Crippen molar-refractivity contribution in [2.75, 3.05) is 0 Å². The number of unbranched alkanes of at least 4 members (excludes halogenated alkanes) is 5. The second-order valence-corrected chi connectivity index (χ2v) is 6.34. The fourth-order valence-electron chi connectivity index (χ4n) is 1.85. The second kappa shape index (κ2) is 10.6. The van der Waals surface area contributed by atoms with Gasteiger partial charge >= 0.3 is 29.6 Å². The summed E-state index contributed by atoms with van der Waals surface area (Å²) in [4.78, 5) is -2.05. The van der Waals surface area contributed by atoms with Crippen molar-refractivity contribution in [3.63, 3.8) is 0 Å². The Hall–Kier alpha value is 0.870. The molecule has 0 saturated carbocycles. The van der Waals surface area contributed by atoms with E-state index in [2.05, 4.69) is 6.92 Å². The van der Waals surface area contributed by atoms with Crippen molar-refractivity contribution in [2.24, 2.45) is 0 Å². The van der Waals surface area contributed by atoms with Crippen LogP contribution in [-0.2, 0) is 10.1 Å². The Kier molecular flexibility index (Phi) is 12.5. The summed E-state index contributed by atoms with van der Waals surface area (Å²) >= 11 is 0. The van der Waals surface area contributed by atoms with Crippen LogP contribution < -0.4 is 29.6 Å². The van der Waals surface area contributed by atoms with Gasteiger partial charge in [0, 0.05) is 0 Å². The number of rotatable bonds is 10. The largest absolute Gasteiger partial charge is 1.00 e. The number of aliphatic hydroxyl groups is 1. The van der Waals surface area contributed by atoms with E-state index < -0.39 is 15.1 Å². The third-order valence-corrected chi connectivity index (χ3v) is 4.40. The van der Waals surface area contributed by atoms with E-state index in [4.69, 9.17) is 0 Å². The molecule has 18 heavy (non-hydrogen) atoms. The molecule has 1 unspecified atom stereocenters. The molecule has 0 saturated heterocycles. The van der Waals surface area contributed by atoms with Crippen LogP contribution in [0.25, 0.3) is 0 Å². The van der Waals surface area contributed by atoms with Crippen LogP contribution in [0.2, 0.25) is 0 Å². The molecule has 0 heterocycles. The van der Waals surface area contributed by atoms with Crippen LogP contribution >= 0.6 is 0 Å². The van der Waals surface area contributed by atoms with E-state index in [-0.39, 0.29) is 42.4 Å². The third-order valence-electron chi connectivity index (χ3n) is 3.06. The molecule has 0 bridgehead atoms. The van der Waals surface area contributed by atoms with E-state index in [0.29, 0.717) is 12.8 Å². The molecular formula is C12H25NaO4S. The molecule has 0 aliphatic rings. The van der Waals surface area contributed by atoms with Gasteiger partial charge in [-0.05, 0) is 25.7 Å². The molecular weight excluding hydrogens is 263 g/mol. The van der Waals surface area contributed by atoms with Crippen molar-refractivity contribution >= 4 is 10.1 Å². The van der Waals surface area contributed by atoms with Gasteiger partial charge in [0.2, 0.25) is 0 Å². The number of hydrogen-bond donors (Lipinski definition) is 1. The normalized spacial score (nSPS) is 14.9. The standard InChI is InChI=1S/C12H26O4S.Na/c1-3-5-7-9-11-12(13,17(14,15)16)10-8-6-4-2;/h13H,3-11H2,1-2H3,(H,14,15,16);/q;+1/p-1. The van der Waals surface area contributed by atoms with Crippen LogP contribution in [0.15, 0.2) is 0 Å². The minimum Gasteiger partial charge on any atom is -0.746 e. The van der Waals surface area contributed by atoms with Crippen molar-refractivity contribution in [2.45, 2.75) is 76.6 Å². The van der Waals surface area contributed by atoms with E-state index in [9.17, 15) is 18.1 Å². The van der Waals surface area contributed by atoms with Gasteiger partial charge in [0.05, 0.1) is 0 Å². The number of hydrogen-bond acceptors (Lipinski definition) is 4. The van der Waals surface area contributed by atoms with Crippen LogP contribution in [0.3, 0.4) is 0 Å². The molecule has 0 aromatic heterocycles. The summed E-state index contributed by atoms with van der Waals surface area (Å²) in [5.41, 5.74) is 0. The SMILES string of the molecule is CCCCCCC(O)(CCCCC)S(=O)(=O)[O-].[Na+]. The molecule has 0 fully saturated rings. The second-order valence-electron chi connectivity index (χ2n) is 4.67. The smallest absolute Gasteiger partial charge is 0.746 e. The van der Waals surface area contributed by atoms with Gasteiger partial charge in [-0.15, -0.1) is 0 Å². The first kappa shape index (κ1) is 21.2. The molecule has 0 rings (SSSR count). The molecule has 0 spiro atoms. The van der Waals surface area contributed by atoms with E-state index in [0.717, 1.165) is 32.1 Å². The van der Waals surface area contributed by atoms with Crippen molar-refractivity contribution in [1.82, 2.24) is 0 Å². The fraction of sp³-hybridized carbons (Fsp3) is 1.00. The molecule has 0 aromatic carbocycles. The zero-order valence-corrected chi connectivity index (χ0v) is 14.8. The van der Waals surface area contributed by atoms with Crippen molar-refractivity contribution < 1.29 is 47.6 Å². The van der Waals surface area contributed by atoms with E-state index in [1.165, 1.54) is 0 Å². The summed E-state index contributed by atoms with van der Waals surface area (Å²) in [6.07, 6.45) is 6.00. The molecule has 0 amide bonds. The molecule has 104 valence electrons. The van der Waals surface area contributed by atoms with Gasteiger partial charge in [0.15, 0.2) is 4.93 Å². The maximum Gasteiger partial charge on any atom is 1.00 e. The maximum absolute atomic E-state index is 11.1. The summed E-state index contributed by atoms with van der Waals surface area (Å²) in [5.74, 6) is 0. The Balaban J connectivity index is 0. The molecule has 1 N–H and O–H groups in total. The first-order chi connectivity index (χ1) is 7.87. The van der Waals surface area contributed by atoms with Crippen LogP contribution in [0.4, 0.5) is 0 Å². The Labute approximate surface area is 134 Å². The van der Waals surface area contributed by atoms with Crippen LogP contribution in [0.5, 0.6) is 0 Å². The Morgan fingerprint density at radius 2 is 1.33 bits per heavy atom. The first-order valence-corrected chi connectivity index (χ1v) is 7.96. The molecule has 0 aliphatic heterocycles. The van der Waals surface area contributed by atoms with Gasteiger partial charge in [0.1, 0.15) is 10.1 Å². The van der Waals surface area contributed by atoms with Gasteiger partial charge in [-0.2, -0.15) is 0 Å². The fourth-order valence-corrected chi connectivity index (χ4v) is 2.64. The van der Waals surface area contributed by atoms with Gasteiger partial charge in [-0.1, -0.05) is 46.0 Å². The van der Waals surface area contributed by atoms with Gasteiger partial charge in [-0.25, -0.2) is 8.42 Å². The average molecular weight is 288 g/mol. The first-order valence-electron chi connectivity index (χ1n) is 6.55. The predicted octanol–water partition coefficient (Wildman–Crippen LogP) is -0.225. The van der Waals surface area contributed by atoms with Crippen LogP contribution in [-0.4, -0.2) is 23.0 Å². The molecule has 0 radical (unpaired) electrons. The van der Waals surface area contributed by atoms with Crippen LogP contribution in [0, 0.1) is 0 Å². The summed E-state index contributed by atoms with van der Waals surface area (Å²) in [6.45, 7) is 4.05. The Bertz CT molecular complexity index is 292. The van der Waals surface area contributed by atoms with E-state index in [1.54, 1.807) is 0 Å². The zero-order valence-electron chi connectivity index (χ0n) is 11.9. The molecule has 1 atom stereocenters. The van der Waals surface area contributed by atoms with Crippen molar-refractivity contribution in [3.05, 3.63) is 0 Å². The maximum atomic E-state index is 11.1. The Morgan fingerprint density at radius 1 is 0.944 bits per heavy atom. The summed E-state index contributed by atoms with van der Waals surface area (Å²) in [5, 5.41) is 9.97. The molecule has 0 aromatic rings. The monoisotopic (exact) mass is 288 g/mol. The summed E-state index contributed by atoms with van der Waals surface area (Å²) < 4.78 is 33.3. The van der Waals surface area contributed by atoms with Gasteiger partial charge < -0.3 is 9.66 Å². The van der Waals surface area contributed by atoms with E-state index in [1.807, 2.05) is 6.92 Å². The van der Waals surface area contributed by atoms with Gasteiger partial charge in [0.25, 0.3) is 0 Å². The minimum atomic E-state index is -4.63. The zero-order chi connectivity index (χ0) is 13.4. The van der Waals surface area contributed by atoms with Crippen molar-refractivity contribution in [1.29, 1.82) is 0 Å². The van der Waals surface area contributed by atoms with Crippen molar-refractivity contribution in [3.8, 4) is 0 Å². The van der Waals surface area contributed by atoms with E-state index >= 15 is 0 Å². The quantitative estimate of drug-likeness (QED) is 0.342. The average Bonchev–Trinajstić information content (AvgIpc) is 2.23. The van der Waals surface area contributed by atoms with Crippen LogP contribution in [0.1, 0.15) is 71.6 Å². The molecule has 6 heteroatoms. The van der Waals surface area contributed by atoms with Gasteiger partial charge in [-0.3, -0.25) is 0 Å². The Morgan fingerprint density at radius 3 is 1.72 bits per heavy atom. The minimum absolute atomic E-state index is 0. The molecule has 0 aliphatic carbocycles. The summed E-state index contributed by atoms with van der Waals surface area (Å²) in [7, 11) is -4.63. The third kappa shape index (κ3) is 8.12.